The number of nitrogens with one attached hydrogen (secondary N) is 1. The van der Waals surface area contributed by atoms with E-state index < -0.39 is 17.5 Å². The molecule has 5 nitrogen and oxygen atoms in total. The molecule has 0 unspecified atom stereocenters. The summed E-state index contributed by atoms with van der Waals surface area (Å²) in [5, 5.41) is 7.24. The van der Waals surface area contributed by atoms with E-state index in [1.54, 1.807) is 12.1 Å². The van der Waals surface area contributed by atoms with Crippen molar-refractivity contribution in [3.05, 3.63) is 72.4 Å². The van der Waals surface area contributed by atoms with Crippen LogP contribution in [-0.4, -0.2) is 19.7 Å². The van der Waals surface area contributed by atoms with Gasteiger partial charge in [0.2, 0.25) is 0 Å². The minimum Gasteiger partial charge on any atom is -0.335 e. The largest absolute Gasteiger partial charge is 0.335 e. The molecular weight excluding hydrogens is 331 g/mol. The van der Waals surface area contributed by atoms with Crippen molar-refractivity contribution in [3.63, 3.8) is 0 Å². The fourth-order valence-electron chi connectivity index (χ4n) is 2.48. The quantitative estimate of drug-likeness (QED) is 0.612. The highest BCUT2D eigenvalue weighted by Crippen LogP contribution is 2.27. The number of aromatic nitrogens is 4. The zero-order chi connectivity index (χ0) is 17.4. The number of fused-ring (bicyclic) bond motifs is 1. The Hall–Kier alpha value is -3.42. The Bertz CT molecular complexity index is 1060. The van der Waals surface area contributed by atoms with E-state index >= 15 is 0 Å². The van der Waals surface area contributed by atoms with E-state index in [4.69, 9.17) is 0 Å². The predicted molar refractivity (Wildman–Crippen MR) is 86.3 cm³/mol. The molecule has 8 heteroatoms. The van der Waals surface area contributed by atoms with Crippen LogP contribution in [0.4, 0.5) is 24.7 Å². The summed E-state index contributed by atoms with van der Waals surface area (Å²) in [7, 11) is 0. The molecule has 124 valence electrons. The van der Waals surface area contributed by atoms with Gasteiger partial charge >= 0.3 is 0 Å². The van der Waals surface area contributed by atoms with Gasteiger partial charge in [0, 0.05) is 0 Å². The molecule has 0 aliphatic carbocycles. The van der Waals surface area contributed by atoms with Crippen LogP contribution >= 0.6 is 0 Å². The summed E-state index contributed by atoms with van der Waals surface area (Å²) in [6.45, 7) is 0. The summed E-state index contributed by atoms with van der Waals surface area (Å²) in [5.41, 5.74) is 0.526. The third kappa shape index (κ3) is 2.67. The lowest BCUT2D eigenvalue weighted by molar-refractivity contribution is 0.590. The van der Waals surface area contributed by atoms with Crippen molar-refractivity contribution < 1.29 is 13.2 Å². The average molecular weight is 341 g/mol. The Morgan fingerprint density at radius 1 is 0.920 bits per heavy atom. The van der Waals surface area contributed by atoms with E-state index in [0.717, 1.165) is 12.1 Å². The van der Waals surface area contributed by atoms with Crippen LogP contribution in [0.2, 0.25) is 0 Å². The van der Waals surface area contributed by atoms with Crippen LogP contribution in [0.25, 0.3) is 16.7 Å². The first-order chi connectivity index (χ1) is 12.1. The maximum atomic E-state index is 13.8. The van der Waals surface area contributed by atoms with Crippen LogP contribution < -0.4 is 5.32 Å². The number of nitrogens with zero attached hydrogens (tertiary/aromatic N) is 4. The number of para-hydroxylation sites is 1. The molecule has 0 amide bonds. The van der Waals surface area contributed by atoms with Gasteiger partial charge in [-0.05, 0) is 30.3 Å². The predicted octanol–water partition coefficient (Wildman–Crippen LogP) is 3.98. The van der Waals surface area contributed by atoms with E-state index in [0.29, 0.717) is 16.7 Å². The van der Waals surface area contributed by atoms with Gasteiger partial charge < -0.3 is 5.32 Å². The first kappa shape index (κ1) is 15.1. The normalized spacial score (nSPS) is 11.0. The maximum Gasteiger partial charge on any atom is 0.168 e. The Balaban J connectivity index is 1.82. The molecule has 0 bridgehead atoms. The summed E-state index contributed by atoms with van der Waals surface area (Å²) in [6.07, 6.45) is 2.68. The molecule has 2 heterocycles. The van der Waals surface area contributed by atoms with Gasteiger partial charge in [0.15, 0.2) is 5.65 Å². The number of halogens is 3. The number of hydrogen-bond acceptors (Lipinski definition) is 4. The zero-order valence-corrected chi connectivity index (χ0v) is 12.6. The van der Waals surface area contributed by atoms with E-state index in [9.17, 15) is 13.2 Å². The van der Waals surface area contributed by atoms with Crippen LogP contribution in [0.5, 0.6) is 0 Å². The second-order valence-electron chi connectivity index (χ2n) is 5.22. The summed E-state index contributed by atoms with van der Waals surface area (Å²) < 4.78 is 42.5. The molecule has 0 saturated carbocycles. The summed E-state index contributed by atoms with van der Waals surface area (Å²) >= 11 is 0. The minimum atomic E-state index is -0.746. The van der Waals surface area contributed by atoms with Crippen molar-refractivity contribution in [1.29, 1.82) is 0 Å². The molecule has 0 radical (unpaired) electrons. The van der Waals surface area contributed by atoms with E-state index in [1.165, 1.54) is 35.4 Å². The van der Waals surface area contributed by atoms with Gasteiger partial charge in [0.05, 0.1) is 17.3 Å². The van der Waals surface area contributed by atoms with Crippen molar-refractivity contribution >= 4 is 22.5 Å². The number of benzene rings is 2. The Kier molecular flexibility index (Phi) is 3.57. The molecule has 2 aromatic heterocycles. The van der Waals surface area contributed by atoms with E-state index in [-0.39, 0.29) is 11.5 Å². The molecule has 0 saturated heterocycles. The lowest BCUT2D eigenvalue weighted by atomic mass is 10.2. The van der Waals surface area contributed by atoms with Gasteiger partial charge in [-0.1, -0.05) is 12.1 Å². The van der Waals surface area contributed by atoms with Gasteiger partial charge in [0.1, 0.15) is 35.3 Å². The minimum absolute atomic E-state index is 0.191. The van der Waals surface area contributed by atoms with Crippen molar-refractivity contribution in [2.75, 3.05) is 5.32 Å². The molecule has 1 N–H and O–H groups in total. The molecule has 0 aliphatic rings. The maximum absolute atomic E-state index is 13.8. The summed E-state index contributed by atoms with van der Waals surface area (Å²) in [6, 6.07) is 9.39. The van der Waals surface area contributed by atoms with E-state index in [2.05, 4.69) is 20.4 Å². The van der Waals surface area contributed by atoms with Gasteiger partial charge in [0.25, 0.3) is 0 Å². The first-order valence-electron chi connectivity index (χ1n) is 7.29. The zero-order valence-electron chi connectivity index (χ0n) is 12.6. The topological polar surface area (TPSA) is 55.6 Å². The van der Waals surface area contributed by atoms with Crippen molar-refractivity contribution in [2.45, 2.75) is 0 Å². The molecule has 0 fully saturated rings. The smallest absolute Gasteiger partial charge is 0.168 e. The Labute approximate surface area is 139 Å². The fraction of sp³-hybridized carbons (Fsp3) is 0. The third-order valence-electron chi connectivity index (χ3n) is 3.62. The fourth-order valence-corrected chi connectivity index (χ4v) is 2.48. The number of anilines is 2. The van der Waals surface area contributed by atoms with Crippen LogP contribution in [-0.2, 0) is 0 Å². The van der Waals surface area contributed by atoms with Crippen LogP contribution in [0.3, 0.4) is 0 Å². The van der Waals surface area contributed by atoms with Crippen molar-refractivity contribution in [2.24, 2.45) is 0 Å². The average Bonchev–Trinajstić information content (AvgIpc) is 3.03. The van der Waals surface area contributed by atoms with Crippen LogP contribution in [0.15, 0.2) is 55.0 Å². The van der Waals surface area contributed by atoms with Crippen molar-refractivity contribution in [3.8, 4) is 5.69 Å². The second-order valence-corrected chi connectivity index (χ2v) is 5.22. The van der Waals surface area contributed by atoms with Crippen LogP contribution in [0, 0.1) is 17.5 Å². The SMILES string of the molecule is Fc1cccc(-n2ncc3c(Nc4c(F)cccc4F)ncnc32)c1. The lowest BCUT2D eigenvalue weighted by Crippen LogP contribution is -2.02. The number of rotatable bonds is 3. The van der Waals surface area contributed by atoms with Gasteiger partial charge in [-0.2, -0.15) is 5.10 Å². The molecule has 0 spiro atoms. The van der Waals surface area contributed by atoms with Crippen LogP contribution in [0.1, 0.15) is 0 Å². The van der Waals surface area contributed by atoms with Gasteiger partial charge in [-0.15, -0.1) is 0 Å². The summed E-state index contributed by atoms with van der Waals surface area (Å²) in [5.74, 6) is -1.72. The molecule has 4 rings (SSSR count). The molecular formula is C17H10F3N5. The second kappa shape index (κ2) is 5.90. The Morgan fingerprint density at radius 3 is 2.44 bits per heavy atom. The third-order valence-corrected chi connectivity index (χ3v) is 3.62. The van der Waals surface area contributed by atoms with Gasteiger partial charge in [-0.3, -0.25) is 0 Å². The lowest BCUT2D eigenvalue weighted by Gasteiger charge is -2.08. The molecule has 4 aromatic rings. The highest BCUT2D eigenvalue weighted by molar-refractivity contribution is 5.89. The van der Waals surface area contributed by atoms with Gasteiger partial charge in [-0.25, -0.2) is 27.8 Å². The molecule has 25 heavy (non-hydrogen) atoms. The highest BCUT2D eigenvalue weighted by Gasteiger charge is 2.15. The Morgan fingerprint density at radius 2 is 1.68 bits per heavy atom. The van der Waals surface area contributed by atoms with Crippen molar-refractivity contribution in [1.82, 2.24) is 19.7 Å². The summed E-state index contributed by atoms with van der Waals surface area (Å²) in [4.78, 5) is 8.16. The van der Waals surface area contributed by atoms with E-state index in [1.807, 2.05) is 0 Å². The monoisotopic (exact) mass is 341 g/mol. The standard InChI is InChI=1S/C17H10F3N5/c18-10-3-1-4-11(7-10)25-17-12(8-23-25)16(21-9-22-17)24-15-13(19)5-2-6-14(15)20/h1-9H,(H,21,22,24). The first-order valence-corrected chi connectivity index (χ1v) is 7.29. The molecule has 2 aromatic carbocycles. The molecule has 0 atom stereocenters. The number of hydrogen-bond donors (Lipinski definition) is 1. The highest BCUT2D eigenvalue weighted by atomic mass is 19.1. The molecule has 0 aliphatic heterocycles.